The van der Waals surface area contributed by atoms with Gasteiger partial charge in [-0.25, -0.2) is 0 Å². The molecule has 0 spiro atoms. The highest BCUT2D eigenvalue weighted by atomic mass is 32.2. The lowest BCUT2D eigenvalue weighted by Gasteiger charge is -2.06. The van der Waals surface area contributed by atoms with Gasteiger partial charge in [0.25, 0.3) is 0 Å². The Bertz CT molecular complexity index is 445. The van der Waals surface area contributed by atoms with Crippen molar-refractivity contribution in [2.75, 3.05) is 6.26 Å². The second-order valence-electron chi connectivity index (χ2n) is 2.89. The van der Waals surface area contributed by atoms with E-state index >= 15 is 0 Å². The molecule has 1 heterocycles. The maximum Gasteiger partial charge on any atom is 0.121 e. The van der Waals surface area contributed by atoms with Crippen LogP contribution in [-0.4, -0.2) is 11.4 Å². The molecule has 1 N–H and O–H groups in total. The van der Waals surface area contributed by atoms with Crippen LogP contribution >= 0.6 is 23.1 Å². The Labute approximate surface area is 85.4 Å². The molecule has 1 aromatic carbocycles. The number of phenolic OH excluding ortho intramolecular Hbond substituents is 1. The Kier molecular flexibility index (Phi) is 2.22. The van der Waals surface area contributed by atoms with Gasteiger partial charge >= 0.3 is 0 Å². The number of hydrogen-bond donors (Lipinski definition) is 1. The molecular formula is C10H10OS2. The molecule has 0 saturated carbocycles. The van der Waals surface area contributed by atoms with E-state index in [1.165, 1.54) is 10.3 Å². The lowest BCUT2D eigenvalue weighted by molar-refractivity contribution is 0.470. The van der Waals surface area contributed by atoms with Crippen molar-refractivity contribution < 1.29 is 5.11 Å². The van der Waals surface area contributed by atoms with Crippen LogP contribution in [0, 0.1) is 6.92 Å². The number of phenols is 1. The molecule has 1 aromatic heterocycles. The normalized spacial score (nSPS) is 10.9. The summed E-state index contributed by atoms with van der Waals surface area (Å²) in [5.41, 5.74) is 0.985. The molecule has 0 amide bonds. The topological polar surface area (TPSA) is 20.2 Å². The zero-order valence-electron chi connectivity index (χ0n) is 7.50. The Morgan fingerprint density at radius 2 is 2.23 bits per heavy atom. The van der Waals surface area contributed by atoms with E-state index in [0.717, 1.165) is 10.3 Å². The molecule has 2 aromatic rings. The standard InChI is InChI=1S/C10H10OS2/c1-6-8(11)5-9-7(3-4-13-9)10(6)12-2/h3-5,11H,1-2H3. The van der Waals surface area contributed by atoms with Crippen molar-refractivity contribution >= 4 is 33.2 Å². The summed E-state index contributed by atoms with van der Waals surface area (Å²) in [6, 6.07) is 3.95. The first-order chi connectivity index (χ1) is 6.24. The molecule has 0 unspecified atom stereocenters. The third-order valence-corrected chi connectivity index (χ3v) is 3.93. The zero-order chi connectivity index (χ0) is 9.42. The fourth-order valence-electron chi connectivity index (χ4n) is 1.43. The Morgan fingerprint density at radius 1 is 1.46 bits per heavy atom. The molecule has 13 heavy (non-hydrogen) atoms. The number of fused-ring (bicyclic) bond motifs is 1. The van der Waals surface area contributed by atoms with E-state index in [4.69, 9.17) is 0 Å². The minimum Gasteiger partial charge on any atom is -0.508 e. The molecule has 1 nitrogen and oxygen atoms in total. The van der Waals surface area contributed by atoms with Gasteiger partial charge in [0.05, 0.1) is 0 Å². The predicted octanol–water partition coefficient (Wildman–Crippen LogP) is 3.64. The summed E-state index contributed by atoms with van der Waals surface area (Å²) in [5.74, 6) is 0.402. The van der Waals surface area contributed by atoms with Gasteiger partial charge in [0.2, 0.25) is 0 Å². The molecule has 2 rings (SSSR count). The monoisotopic (exact) mass is 210 g/mol. The van der Waals surface area contributed by atoms with E-state index in [1.54, 1.807) is 23.1 Å². The van der Waals surface area contributed by atoms with E-state index in [2.05, 4.69) is 11.4 Å². The molecule has 68 valence electrons. The highest BCUT2D eigenvalue weighted by Gasteiger charge is 2.08. The molecule has 0 fully saturated rings. The fourth-order valence-corrected chi connectivity index (χ4v) is 3.13. The smallest absolute Gasteiger partial charge is 0.121 e. The van der Waals surface area contributed by atoms with Crippen molar-refractivity contribution in [2.24, 2.45) is 0 Å². The Hall–Kier alpha value is -0.670. The fraction of sp³-hybridized carbons (Fsp3) is 0.200. The average Bonchev–Trinajstić information content (AvgIpc) is 2.54. The third-order valence-electron chi connectivity index (χ3n) is 2.14. The number of rotatable bonds is 1. The van der Waals surface area contributed by atoms with Crippen LogP contribution < -0.4 is 0 Å². The summed E-state index contributed by atoms with van der Waals surface area (Å²) < 4.78 is 1.16. The summed E-state index contributed by atoms with van der Waals surface area (Å²) in [7, 11) is 0. The van der Waals surface area contributed by atoms with Gasteiger partial charge < -0.3 is 5.11 Å². The van der Waals surface area contributed by atoms with Gasteiger partial charge in [-0.1, -0.05) is 0 Å². The highest BCUT2D eigenvalue weighted by molar-refractivity contribution is 7.98. The molecule has 0 bridgehead atoms. The SMILES string of the molecule is CSc1c(C)c(O)cc2sccc12. The average molecular weight is 210 g/mol. The Balaban J connectivity index is 2.87. The molecule has 0 atom stereocenters. The van der Waals surface area contributed by atoms with Gasteiger partial charge in [0, 0.05) is 20.5 Å². The second kappa shape index (κ2) is 3.24. The first kappa shape index (κ1) is 8.91. The van der Waals surface area contributed by atoms with Gasteiger partial charge in [-0.05, 0) is 30.7 Å². The summed E-state index contributed by atoms with van der Waals surface area (Å²) in [4.78, 5) is 1.19. The number of benzene rings is 1. The van der Waals surface area contributed by atoms with Crippen molar-refractivity contribution in [3.8, 4) is 5.75 Å². The van der Waals surface area contributed by atoms with Crippen LogP contribution in [0.3, 0.4) is 0 Å². The van der Waals surface area contributed by atoms with Crippen LogP contribution in [0.1, 0.15) is 5.56 Å². The molecule has 0 aliphatic carbocycles. The first-order valence-corrected chi connectivity index (χ1v) is 6.08. The minimum atomic E-state index is 0.402. The Morgan fingerprint density at radius 3 is 2.92 bits per heavy atom. The number of thiophene rings is 1. The van der Waals surface area contributed by atoms with Gasteiger partial charge in [-0.15, -0.1) is 23.1 Å². The van der Waals surface area contributed by atoms with Crippen LogP contribution in [0.25, 0.3) is 10.1 Å². The van der Waals surface area contributed by atoms with E-state index < -0.39 is 0 Å². The maximum absolute atomic E-state index is 9.64. The van der Waals surface area contributed by atoms with Crippen LogP contribution in [0.15, 0.2) is 22.4 Å². The van der Waals surface area contributed by atoms with Crippen LogP contribution in [0.5, 0.6) is 5.75 Å². The van der Waals surface area contributed by atoms with Crippen molar-refractivity contribution in [2.45, 2.75) is 11.8 Å². The summed E-state index contributed by atoms with van der Waals surface area (Å²) >= 11 is 3.36. The quantitative estimate of drug-likeness (QED) is 0.725. The lowest BCUT2D eigenvalue weighted by atomic mass is 10.1. The van der Waals surface area contributed by atoms with E-state index in [9.17, 15) is 5.11 Å². The minimum absolute atomic E-state index is 0.402. The summed E-state index contributed by atoms with van der Waals surface area (Å²) in [5, 5.41) is 13.0. The van der Waals surface area contributed by atoms with E-state index in [-0.39, 0.29) is 0 Å². The van der Waals surface area contributed by atoms with E-state index in [0.29, 0.717) is 5.75 Å². The largest absolute Gasteiger partial charge is 0.508 e. The summed E-state index contributed by atoms with van der Waals surface area (Å²) in [6.07, 6.45) is 2.04. The van der Waals surface area contributed by atoms with Crippen molar-refractivity contribution in [3.05, 3.63) is 23.1 Å². The third kappa shape index (κ3) is 1.32. The highest BCUT2D eigenvalue weighted by Crippen LogP contribution is 2.37. The molecule has 3 heteroatoms. The molecule has 0 aliphatic heterocycles. The van der Waals surface area contributed by atoms with E-state index in [1.807, 2.05) is 19.2 Å². The predicted molar refractivity (Wildman–Crippen MR) is 60.0 cm³/mol. The molecule has 0 saturated heterocycles. The lowest BCUT2D eigenvalue weighted by Crippen LogP contribution is -1.80. The van der Waals surface area contributed by atoms with Crippen molar-refractivity contribution in [3.63, 3.8) is 0 Å². The van der Waals surface area contributed by atoms with Crippen LogP contribution in [0.4, 0.5) is 0 Å². The van der Waals surface area contributed by atoms with Gasteiger partial charge in [0.1, 0.15) is 5.75 Å². The van der Waals surface area contributed by atoms with Gasteiger partial charge in [-0.3, -0.25) is 0 Å². The second-order valence-corrected chi connectivity index (χ2v) is 4.65. The molecule has 0 radical (unpaired) electrons. The van der Waals surface area contributed by atoms with Crippen molar-refractivity contribution in [1.82, 2.24) is 0 Å². The van der Waals surface area contributed by atoms with Crippen molar-refractivity contribution in [1.29, 1.82) is 0 Å². The zero-order valence-corrected chi connectivity index (χ0v) is 9.13. The van der Waals surface area contributed by atoms with Crippen LogP contribution in [0.2, 0.25) is 0 Å². The van der Waals surface area contributed by atoms with Crippen LogP contribution in [-0.2, 0) is 0 Å². The number of hydrogen-bond acceptors (Lipinski definition) is 3. The number of thioether (sulfide) groups is 1. The first-order valence-electron chi connectivity index (χ1n) is 3.98. The molecular weight excluding hydrogens is 200 g/mol. The van der Waals surface area contributed by atoms with Gasteiger partial charge in [0.15, 0.2) is 0 Å². The number of aromatic hydroxyl groups is 1. The van der Waals surface area contributed by atoms with Gasteiger partial charge in [-0.2, -0.15) is 0 Å². The molecule has 0 aliphatic rings. The summed E-state index contributed by atoms with van der Waals surface area (Å²) in [6.45, 7) is 1.96. The maximum atomic E-state index is 9.64.